The summed E-state index contributed by atoms with van der Waals surface area (Å²) in [6, 6.07) is 5.49. The highest BCUT2D eigenvalue weighted by atomic mass is 35.5. The van der Waals surface area contributed by atoms with E-state index in [0.29, 0.717) is 5.02 Å². The summed E-state index contributed by atoms with van der Waals surface area (Å²) >= 11 is 5.94. The van der Waals surface area contributed by atoms with Gasteiger partial charge < -0.3 is 9.72 Å². The van der Waals surface area contributed by atoms with Crippen LogP contribution in [0.2, 0.25) is 5.02 Å². The first kappa shape index (κ1) is 10.1. The van der Waals surface area contributed by atoms with Crippen molar-refractivity contribution in [3.63, 3.8) is 0 Å². The van der Waals surface area contributed by atoms with Crippen LogP contribution in [0.3, 0.4) is 0 Å². The van der Waals surface area contributed by atoms with E-state index in [1.807, 2.05) is 19.1 Å². The third-order valence-electron chi connectivity index (χ3n) is 2.15. The highest BCUT2D eigenvalue weighted by molar-refractivity contribution is 6.30. The van der Waals surface area contributed by atoms with Gasteiger partial charge in [-0.2, -0.15) is 0 Å². The molecule has 0 radical (unpaired) electrons. The van der Waals surface area contributed by atoms with Crippen molar-refractivity contribution in [3.05, 3.63) is 35.2 Å². The number of nitrogens with zero attached hydrogens (tertiary/aromatic N) is 1. The summed E-state index contributed by atoms with van der Waals surface area (Å²) in [5, 5.41) is 0.679. The lowest BCUT2D eigenvalue weighted by molar-refractivity contribution is 0.416. The average Bonchev–Trinajstić information content (AvgIpc) is 2.65. The van der Waals surface area contributed by atoms with E-state index in [4.69, 9.17) is 16.3 Å². The van der Waals surface area contributed by atoms with Crippen LogP contribution < -0.4 is 4.74 Å². The number of rotatable bonds is 2. The fourth-order valence-electron chi connectivity index (χ4n) is 1.45. The molecule has 0 spiro atoms. The molecule has 0 aliphatic heterocycles. The number of aromatic amines is 1. The first-order valence-electron chi connectivity index (χ1n) is 4.56. The summed E-state index contributed by atoms with van der Waals surface area (Å²) in [7, 11) is 1.63. The molecular weight excluding hydrogens is 212 g/mol. The maximum absolute atomic E-state index is 5.94. The Morgan fingerprint density at radius 2 is 2.20 bits per heavy atom. The average molecular weight is 223 g/mol. The molecule has 2 rings (SSSR count). The van der Waals surface area contributed by atoms with E-state index >= 15 is 0 Å². The fourth-order valence-corrected chi connectivity index (χ4v) is 1.62. The Balaban J connectivity index is 2.55. The minimum atomic E-state index is 0.679. The third kappa shape index (κ3) is 1.97. The Kier molecular flexibility index (Phi) is 2.64. The topological polar surface area (TPSA) is 37.9 Å². The van der Waals surface area contributed by atoms with Gasteiger partial charge in [0, 0.05) is 10.6 Å². The molecule has 0 aliphatic carbocycles. The first-order valence-corrected chi connectivity index (χ1v) is 4.94. The van der Waals surface area contributed by atoms with Gasteiger partial charge in [0.05, 0.1) is 19.0 Å². The number of ether oxygens (including phenoxy) is 1. The molecule has 0 amide bonds. The summed E-state index contributed by atoms with van der Waals surface area (Å²) in [6.45, 7) is 1.90. The van der Waals surface area contributed by atoms with Crippen molar-refractivity contribution in [1.82, 2.24) is 9.97 Å². The summed E-state index contributed by atoms with van der Waals surface area (Å²) < 4.78 is 5.26. The van der Waals surface area contributed by atoms with Crippen LogP contribution in [0.4, 0.5) is 0 Å². The van der Waals surface area contributed by atoms with E-state index in [9.17, 15) is 0 Å². The largest absolute Gasteiger partial charge is 0.496 e. The summed E-state index contributed by atoms with van der Waals surface area (Å²) in [6.07, 6.45) is 1.77. The molecule has 3 nitrogen and oxygen atoms in total. The predicted octanol–water partition coefficient (Wildman–Crippen LogP) is 3.05. The highest BCUT2D eigenvalue weighted by Gasteiger charge is 2.08. The van der Waals surface area contributed by atoms with Crippen LogP contribution in [0.25, 0.3) is 11.3 Å². The molecule has 0 bridgehead atoms. The van der Waals surface area contributed by atoms with Crippen LogP contribution >= 0.6 is 11.6 Å². The Morgan fingerprint density at radius 1 is 1.40 bits per heavy atom. The van der Waals surface area contributed by atoms with E-state index in [1.54, 1.807) is 19.4 Å². The van der Waals surface area contributed by atoms with Crippen molar-refractivity contribution in [2.45, 2.75) is 6.92 Å². The molecule has 1 aromatic heterocycles. The number of halogens is 1. The minimum Gasteiger partial charge on any atom is -0.496 e. The maximum atomic E-state index is 5.94. The van der Waals surface area contributed by atoms with E-state index in [2.05, 4.69) is 9.97 Å². The summed E-state index contributed by atoms with van der Waals surface area (Å²) in [5.74, 6) is 1.65. The quantitative estimate of drug-likeness (QED) is 0.848. The molecule has 0 aliphatic rings. The lowest BCUT2D eigenvalue weighted by Gasteiger charge is -2.06. The number of nitrogens with one attached hydrogen (secondary N) is 1. The molecule has 0 saturated heterocycles. The van der Waals surface area contributed by atoms with Gasteiger partial charge in [-0.25, -0.2) is 4.98 Å². The van der Waals surface area contributed by atoms with Crippen LogP contribution in [0.15, 0.2) is 24.4 Å². The van der Waals surface area contributed by atoms with Crippen molar-refractivity contribution in [2.75, 3.05) is 7.11 Å². The van der Waals surface area contributed by atoms with Gasteiger partial charge in [-0.3, -0.25) is 0 Å². The molecular formula is C11H11ClN2O. The summed E-state index contributed by atoms with van der Waals surface area (Å²) in [4.78, 5) is 7.29. The third-order valence-corrected chi connectivity index (χ3v) is 2.39. The molecule has 1 N–H and O–H groups in total. The van der Waals surface area contributed by atoms with E-state index < -0.39 is 0 Å². The Bertz CT molecular complexity index is 479. The van der Waals surface area contributed by atoms with Gasteiger partial charge in [0.25, 0.3) is 0 Å². The molecule has 0 unspecified atom stereocenters. The molecule has 1 heterocycles. The number of benzene rings is 1. The smallest absolute Gasteiger partial charge is 0.128 e. The van der Waals surface area contributed by atoms with Gasteiger partial charge in [0.2, 0.25) is 0 Å². The predicted molar refractivity (Wildman–Crippen MR) is 60.3 cm³/mol. The van der Waals surface area contributed by atoms with Crippen molar-refractivity contribution >= 4 is 11.6 Å². The first-order chi connectivity index (χ1) is 7.20. The number of methoxy groups -OCH3 is 1. The Labute approximate surface area is 93.1 Å². The number of hydrogen-bond donors (Lipinski definition) is 1. The molecule has 0 saturated carbocycles. The molecule has 1 aromatic carbocycles. The number of H-pyrrole nitrogens is 1. The molecule has 15 heavy (non-hydrogen) atoms. The SMILES string of the molecule is COc1ccc(Cl)cc1-c1cnc(C)[nH]1. The second-order valence-corrected chi connectivity index (χ2v) is 3.66. The molecule has 0 fully saturated rings. The normalized spacial score (nSPS) is 10.3. The monoisotopic (exact) mass is 222 g/mol. The fraction of sp³-hybridized carbons (Fsp3) is 0.182. The van der Waals surface area contributed by atoms with Gasteiger partial charge in [-0.1, -0.05) is 11.6 Å². The van der Waals surface area contributed by atoms with Crippen molar-refractivity contribution in [3.8, 4) is 17.0 Å². The molecule has 2 aromatic rings. The zero-order valence-corrected chi connectivity index (χ0v) is 9.30. The van der Waals surface area contributed by atoms with E-state index in [-0.39, 0.29) is 0 Å². The molecule has 4 heteroatoms. The van der Waals surface area contributed by atoms with Crippen molar-refractivity contribution in [1.29, 1.82) is 0 Å². The second-order valence-electron chi connectivity index (χ2n) is 3.23. The highest BCUT2D eigenvalue weighted by Crippen LogP contribution is 2.31. The number of aromatic nitrogens is 2. The van der Waals surface area contributed by atoms with E-state index in [0.717, 1.165) is 22.8 Å². The van der Waals surface area contributed by atoms with Crippen molar-refractivity contribution < 1.29 is 4.74 Å². The lowest BCUT2D eigenvalue weighted by atomic mass is 10.1. The van der Waals surface area contributed by atoms with Crippen LogP contribution in [0, 0.1) is 6.92 Å². The van der Waals surface area contributed by atoms with Crippen LogP contribution in [-0.2, 0) is 0 Å². The lowest BCUT2D eigenvalue weighted by Crippen LogP contribution is -1.88. The van der Waals surface area contributed by atoms with Gasteiger partial charge >= 0.3 is 0 Å². The van der Waals surface area contributed by atoms with Gasteiger partial charge in [0.15, 0.2) is 0 Å². The van der Waals surface area contributed by atoms with Crippen LogP contribution in [0.5, 0.6) is 5.75 Å². The van der Waals surface area contributed by atoms with Crippen LogP contribution in [0.1, 0.15) is 5.82 Å². The second kappa shape index (κ2) is 3.95. The van der Waals surface area contributed by atoms with Crippen LogP contribution in [-0.4, -0.2) is 17.1 Å². The van der Waals surface area contributed by atoms with Gasteiger partial charge in [-0.05, 0) is 25.1 Å². The Hall–Kier alpha value is -1.48. The van der Waals surface area contributed by atoms with Gasteiger partial charge in [-0.15, -0.1) is 0 Å². The zero-order valence-electron chi connectivity index (χ0n) is 8.54. The standard InChI is InChI=1S/C11H11ClN2O/c1-7-13-6-10(14-7)9-5-8(12)3-4-11(9)15-2/h3-6H,1-2H3,(H,13,14). The van der Waals surface area contributed by atoms with E-state index in [1.165, 1.54) is 0 Å². The summed E-state index contributed by atoms with van der Waals surface area (Å²) in [5.41, 5.74) is 1.83. The number of aryl methyl sites for hydroxylation is 1. The number of imidazole rings is 1. The maximum Gasteiger partial charge on any atom is 0.128 e. The Morgan fingerprint density at radius 3 is 2.80 bits per heavy atom. The zero-order chi connectivity index (χ0) is 10.8. The molecule has 78 valence electrons. The minimum absolute atomic E-state index is 0.679. The molecule has 0 atom stereocenters. The van der Waals surface area contributed by atoms with Crippen molar-refractivity contribution in [2.24, 2.45) is 0 Å². The van der Waals surface area contributed by atoms with Gasteiger partial charge in [0.1, 0.15) is 11.6 Å². The number of hydrogen-bond acceptors (Lipinski definition) is 2.